The van der Waals surface area contributed by atoms with Crippen LogP contribution in [0.25, 0.3) is 5.57 Å². The quantitative estimate of drug-likeness (QED) is 0.243. The Morgan fingerprint density at radius 2 is 1.74 bits per heavy atom. The van der Waals surface area contributed by atoms with Gasteiger partial charge in [-0.25, -0.2) is 0 Å². The van der Waals surface area contributed by atoms with Gasteiger partial charge in [0.15, 0.2) is 0 Å². The largest absolute Gasteiger partial charge is 0.390 e. The van der Waals surface area contributed by atoms with Crippen molar-refractivity contribution < 1.29 is 14.7 Å². The molecule has 5 N–H and O–H groups in total. The number of aliphatic hydroxyl groups excluding tert-OH is 1. The maximum atomic E-state index is 13.7. The molecule has 0 fully saturated rings. The molecule has 3 aromatic carbocycles. The van der Waals surface area contributed by atoms with Crippen molar-refractivity contribution in [1.29, 1.82) is 5.41 Å². The number of aliphatic hydroxyl groups is 1. The molecule has 0 aromatic heterocycles. The second-order valence-electron chi connectivity index (χ2n) is 11.7. The van der Waals surface area contributed by atoms with Gasteiger partial charge in [0.25, 0.3) is 11.8 Å². The zero-order valence-electron chi connectivity index (χ0n) is 24.6. The van der Waals surface area contributed by atoms with Gasteiger partial charge in [0.1, 0.15) is 5.84 Å². The molecule has 0 saturated heterocycles. The van der Waals surface area contributed by atoms with Crippen LogP contribution in [0, 0.1) is 5.41 Å². The summed E-state index contributed by atoms with van der Waals surface area (Å²) in [5.74, 6) is -0.121. The highest BCUT2D eigenvalue weighted by molar-refractivity contribution is 6.33. The maximum Gasteiger partial charge on any atom is 0.252 e. The van der Waals surface area contributed by atoms with Crippen molar-refractivity contribution in [2.75, 3.05) is 5.32 Å². The molecule has 43 heavy (non-hydrogen) atoms. The van der Waals surface area contributed by atoms with Gasteiger partial charge >= 0.3 is 0 Å². The van der Waals surface area contributed by atoms with Crippen molar-refractivity contribution in [3.63, 3.8) is 0 Å². The third kappa shape index (κ3) is 5.44. The van der Waals surface area contributed by atoms with Gasteiger partial charge in [-0.1, -0.05) is 60.2 Å². The first kappa shape index (κ1) is 28.4. The molecule has 0 spiro atoms. The number of amides is 2. The van der Waals surface area contributed by atoms with Crippen LogP contribution in [-0.4, -0.2) is 28.9 Å². The van der Waals surface area contributed by atoms with Crippen LogP contribution in [0.2, 0.25) is 0 Å². The lowest BCUT2D eigenvalue weighted by molar-refractivity contribution is -0.118. The van der Waals surface area contributed by atoms with E-state index in [2.05, 4.69) is 16.0 Å². The molecule has 218 valence electrons. The van der Waals surface area contributed by atoms with Crippen molar-refractivity contribution in [2.45, 2.75) is 58.2 Å². The molecule has 0 saturated carbocycles. The van der Waals surface area contributed by atoms with Crippen LogP contribution in [0.15, 0.2) is 101 Å². The topological polar surface area (TPSA) is 114 Å². The highest BCUT2D eigenvalue weighted by Crippen LogP contribution is 2.38. The average molecular weight is 573 g/mol. The number of anilines is 1. The fourth-order valence-electron chi connectivity index (χ4n) is 6.40. The third-order valence-electron chi connectivity index (χ3n) is 8.84. The van der Waals surface area contributed by atoms with Crippen LogP contribution in [-0.2, 0) is 11.2 Å². The number of allylic oxidation sites excluding steroid dienone is 3. The van der Waals surface area contributed by atoms with Crippen molar-refractivity contribution in [3.8, 4) is 0 Å². The molecule has 7 nitrogen and oxygen atoms in total. The van der Waals surface area contributed by atoms with Gasteiger partial charge in [-0.3, -0.25) is 15.0 Å². The fraction of sp³-hybridized carbons (Fsp3) is 0.250. The Bertz CT molecular complexity index is 1730. The summed E-state index contributed by atoms with van der Waals surface area (Å²) in [5.41, 5.74) is 9.29. The highest BCUT2D eigenvalue weighted by atomic mass is 16.3. The molecule has 2 aliphatic carbocycles. The van der Waals surface area contributed by atoms with E-state index in [0.717, 1.165) is 57.5 Å². The van der Waals surface area contributed by atoms with E-state index in [1.807, 2.05) is 93.6 Å². The molecule has 3 aliphatic rings. The number of hydrogen-bond donors (Lipinski definition) is 5. The van der Waals surface area contributed by atoms with Crippen LogP contribution in [0.5, 0.6) is 0 Å². The van der Waals surface area contributed by atoms with Gasteiger partial charge in [0.05, 0.1) is 18.2 Å². The Hall–Kier alpha value is -4.75. The molecule has 1 heterocycles. The second kappa shape index (κ2) is 11.5. The van der Waals surface area contributed by atoms with E-state index in [9.17, 15) is 14.7 Å². The third-order valence-corrected chi connectivity index (χ3v) is 8.84. The molecule has 0 bridgehead atoms. The summed E-state index contributed by atoms with van der Waals surface area (Å²) >= 11 is 0. The van der Waals surface area contributed by atoms with Crippen LogP contribution in [0.3, 0.4) is 0 Å². The average Bonchev–Trinajstić information content (AvgIpc) is 3.49. The van der Waals surface area contributed by atoms with E-state index in [4.69, 9.17) is 5.41 Å². The van der Waals surface area contributed by atoms with Crippen LogP contribution in [0.1, 0.15) is 78.3 Å². The van der Waals surface area contributed by atoms with Gasteiger partial charge in [-0.05, 0) is 85.7 Å². The predicted molar refractivity (Wildman–Crippen MR) is 170 cm³/mol. The van der Waals surface area contributed by atoms with Gasteiger partial charge in [-0.15, -0.1) is 0 Å². The SMILES string of the molecule is CC1=C(C(=O)N[C@@H]2c3ccccc3C[C@H]2O)C(C)=C(/C=C2\C(=N)Nc3ccc(C(=O)N[C@H](C)c4ccccc4)cc32)CC1. The molecule has 0 unspecified atom stereocenters. The molecular weight excluding hydrogens is 536 g/mol. The molecular formula is C36H36N4O3. The Labute approximate surface area is 251 Å². The molecule has 6 rings (SSSR count). The van der Waals surface area contributed by atoms with Gasteiger partial charge in [0.2, 0.25) is 0 Å². The van der Waals surface area contributed by atoms with Crippen LogP contribution >= 0.6 is 0 Å². The van der Waals surface area contributed by atoms with E-state index in [1.165, 1.54) is 0 Å². The fourth-order valence-corrected chi connectivity index (χ4v) is 6.40. The summed E-state index contributed by atoms with van der Waals surface area (Å²) < 4.78 is 0. The highest BCUT2D eigenvalue weighted by Gasteiger charge is 2.34. The predicted octanol–water partition coefficient (Wildman–Crippen LogP) is 6.17. The minimum absolute atomic E-state index is 0.151. The Kier molecular flexibility index (Phi) is 7.59. The Balaban J connectivity index is 1.26. The van der Waals surface area contributed by atoms with E-state index < -0.39 is 12.1 Å². The van der Waals surface area contributed by atoms with Crippen molar-refractivity contribution >= 4 is 28.9 Å². The van der Waals surface area contributed by atoms with Crippen LogP contribution in [0.4, 0.5) is 5.69 Å². The maximum absolute atomic E-state index is 13.7. The number of fused-ring (bicyclic) bond motifs is 2. The first-order chi connectivity index (χ1) is 20.7. The number of benzene rings is 3. The number of amidine groups is 1. The molecule has 1 aliphatic heterocycles. The monoisotopic (exact) mass is 572 g/mol. The van der Waals surface area contributed by atoms with Crippen molar-refractivity contribution in [3.05, 3.63) is 129 Å². The molecule has 7 heteroatoms. The standard InChI is InChI=1S/C36H36N4O3/c1-20-13-14-24(21(2)32(20)36(43)40-33-27-12-8-7-11-25(27)19-31(33)41)17-29-28-18-26(15-16-30(28)39-34(29)37)35(42)38-22(3)23-9-5-4-6-10-23/h4-12,15-18,22,31,33,41H,13-14,19H2,1-3H3,(H2,37,39)(H,38,42)(H,40,43)/b29-17-/t22-,31-,33-/m1/s1. The van der Waals surface area contributed by atoms with E-state index >= 15 is 0 Å². The summed E-state index contributed by atoms with van der Waals surface area (Å²) in [4.78, 5) is 26.8. The smallest absolute Gasteiger partial charge is 0.252 e. The number of carbonyl (C=O) groups excluding carboxylic acids is 2. The molecule has 3 atom stereocenters. The number of carbonyl (C=O) groups is 2. The minimum atomic E-state index is -0.666. The summed E-state index contributed by atoms with van der Waals surface area (Å²) in [6.07, 6.45) is 3.29. The summed E-state index contributed by atoms with van der Waals surface area (Å²) in [5, 5.41) is 28.7. The zero-order chi connectivity index (χ0) is 30.2. The normalized spacial score (nSPS) is 20.9. The first-order valence-corrected chi connectivity index (χ1v) is 14.8. The van der Waals surface area contributed by atoms with Crippen molar-refractivity contribution in [1.82, 2.24) is 10.6 Å². The summed E-state index contributed by atoms with van der Waals surface area (Å²) in [7, 11) is 0. The van der Waals surface area contributed by atoms with Gasteiger partial charge in [-0.2, -0.15) is 0 Å². The lowest BCUT2D eigenvalue weighted by Gasteiger charge is -2.24. The zero-order valence-corrected chi connectivity index (χ0v) is 24.6. The van der Waals surface area contributed by atoms with Gasteiger partial charge < -0.3 is 21.1 Å². The van der Waals surface area contributed by atoms with E-state index in [1.54, 1.807) is 6.07 Å². The second-order valence-corrected chi connectivity index (χ2v) is 11.7. The van der Waals surface area contributed by atoms with Crippen molar-refractivity contribution in [2.24, 2.45) is 0 Å². The lowest BCUT2D eigenvalue weighted by atomic mass is 9.85. The number of nitrogens with one attached hydrogen (secondary N) is 4. The summed E-state index contributed by atoms with van der Waals surface area (Å²) in [6, 6.07) is 22.5. The number of hydrogen-bond acceptors (Lipinski definition) is 4. The Morgan fingerprint density at radius 3 is 2.53 bits per heavy atom. The first-order valence-electron chi connectivity index (χ1n) is 14.8. The summed E-state index contributed by atoms with van der Waals surface area (Å²) in [6.45, 7) is 5.89. The van der Waals surface area contributed by atoms with E-state index in [0.29, 0.717) is 23.1 Å². The lowest BCUT2D eigenvalue weighted by Crippen LogP contribution is -2.35. The van der Waals surface area contributed by atoms with Crippen LogP contribution < -0.4 is 16.0 Å². The molecule has 2 amide bonds. The van der Waals surface area contributed by atoms with Gasteiger partial charge in [0, 0.05) is 34.4 Å². The van der Waals surface area contributed by atoms with E-state index in [-0.39, 0.29) is 23.7 Å². The minimum Gasteiger partial charge on any atom is -0.390 e. The number of rotatable bonds is 6. The molecule has 3 aromatic rings. The molecule has 0 radical (unpaired) electrons. The Morgan fingerprint density at radius 1 is 1.00 bits per heavy atom.